The Morgan fingerprint density at radius 3 is 2.67 bits per heavy atom. The Morgan fingerprint density at radius 2 is 1.94 bits per heavy atom. The van der Waals surface area contributed by atoms with Crippen LogP contribution in [-0.4, -0.2) is 16.3 Å². The normalized spacial score (nSPS) is 10.7. The maximum absolute atomic E-state index is 4.15. The van der Waals surface area contributed by atoms with Gasteiger partial charge in [-0.25, -0.2) is 0 Å². The van der Waals surface area contributed by atoms with Gasteiger partial charge in [0, 0.05) is 19.8 Å². The van der Waals surface area contributed by atoms with E-state index in [1.54, 1.807) is 0 Å². The highest BCUT2D eigenvalue weighted by atomic mass is 15.3. The summed E-state index contributed by atoms with van der Waals surface area (Å²) in [4.78, 5) is 0. The smallest absolute Gasteiger partial charge is 0.0518 e. The minimum atomic E-state index is 0.905. The fourth-order valence-corrected chi connectivity index (χ4v) is 2.01. The van der Waals surface area contributed by atoms with E-state index in [1.807, 2.05) is 17.9 Å². The van der Waals surface area contributed by atoms with Crippen LogP contribution in [0.2, 0.25) is 0 Å². The maximum Gasteiger partial charge on any atom is 0.0518 e. The van der Waals surface area contributed by atoms with Gasteiger partial charge in [-0.1, -0.05) is 30.3 Å². The third-order valence-electron chi connectivity index (χ3n) is 3.14. The molecular formula is C15H21N3. The molecule has 1 aromatic carbocycles. The molecule has 0 unspecified atom stereocenters. The van der Waals surface area contributed by atoms with Gasteiger partial charge in [0.15, 0.2) is 0 Å². The molecule has 0 atom stereocenters. The van der Waals surface area contributed by atoms with Gasteiger partial charge >= 0.3 is 0 Å². The molecule has 1 N–H and O–H groups in total. The van der Waals surface area contributed by atoms with Crippen molar-refractivity contribution >= 4 is 0 Å². The van der Waals surface area contributed by atoms with E-state index < -0.39 is 0 Å². The van der Waals surface area contributed by atoms with Crippen molar-refractivity contribution in [1.29, 1.82) is 0 Å². The van der Waals surface area contributed by atoms with Crippen LogP contribution >= 0.6 is 0 Å². The van der Waals surface area contributed by atoms with Gasteiger partial charge in [-0.05, 0) is 37.4 Å². The Hall–Kier alpha value is -1.61. The summed E-state index contributed by atoms with van der Waals surface area (Å²) in [5.74, 6) is 0. The van der Waals surface area contributed by atoms with Crippen LogP contribution in [0.25, 0.3) is 0 Å². The first-order valence-corrected chi connectivity index (χ1v) is 6.58. The monoisotopic (exact) mass is 243 g/mol. The zero-order valence-corrected chi connectivity index (χ0v) is 11.0. The number of benzene rings is 1. The van der Waals surface area contributed by atoms with E-state index in [0.717, 1.165) is 13.1 Å². The second kappa shape index (κ2) is 6.97. The van der Waals surface area contributed by atoms with Gasteiger partial charge in [0.1, 0.15) is 0 Å². The first-order valence-electron chi connectivity index (χ1n) is 6.58. The summed E-state index contributed by atoms with van der Waals surface area (Å²) < 4.78 is 1.91. The Labute approximate surface area is 109 Å². The average molecular weight is 243 g/mol. The second-order valence-electron chi connectivity index (χ2n) is 4.57. The van der Waals surface area contributed by atoms with Crippen LogP contribution in [0.4, 0.5) is 0 Å². The lowest BCUT2D eigenvalue weighted by Gasteiger charge is -2.05. The highest BCUT2D eigenvalue weighted by Gasteiger charge is 1.97. The molecule has 1 heterocycles. The molecule has 3 nitrogen and oxygen atoms in total. The molecule has 0 aliphatic carbocycles. The van der Waals surface area contributed by atoms with Crippen LogP contribution in [0.1, 0.15) is 24.1 Å². The fraction of sp³-hybridized carbons (Fsp3) is 0.400. The average Bonchev–Trinajstić information content (AvgIpc) is 2.81. The van der Waals surface area contributed by atoms with Gasteiger partial charge in [-0.3, -0.25) is 4.68 Å². The quantitative estimate of drug-likeness (QED) is 0.757. The van der Waals surface area contributed by atoms with E-state index in [-0.39, 0.29) is 0 Å². The van der Waals surface area contributed by atoms with Gasteiger partial charge in [-0.15, -0.1) is 0 Å². The zero-order chi connectivity index (χ0) is 12.6. The molecule has 0 saturated heterocycles. The molecule has 0 fully saturated rings. The van der Waals surface area contributed by atoms with Crippen molar-refractivity contribution < 1.29 is 0 Å². The molecule has 96 valence electrons. The van der Waals surface area contributed by atoms with Crippen molar-refractivity contribution in [3.63, 3.8) is 0 Å². The summed E-state index contributed by atoms with van der Waals surface area (Å²) in [6, 6.07) is 12.7. The molecule has 0 saturated carbocycles. The van der Waals surface area contributed by atoms with Crippen molar-refractivity contribution in [2.24, 2.45) is 7.05 Å². The van der Waals surface area contributed by atoms with Gasteiger partial charge < -0.3 is 5.32 Å². The van der Waals surface area contributed by atoms with Gasteiger partial charge in [0.05, 0.1) is 5.69 Å². The third-order valence-corrected chi connectivity index (χ3v) is 3.14. The third kappa shape index (κ3) is 4.00. The minimum absolute atomic E-state index is 0.905. The first-order chi connectivity index (χ1) is 8.86. The van der Waals surface area contributed by atoms with E-state index >= 15 is 0 Å². The van der Waals surface area contributed by atoms with Crippen molar-refractivity contribution in [2.75, 3.05) is 6.54 Å². The SMILES string of the molecule is Cn1nccc1CNCCCCc1ccccc1. The zero-order valence-electron chi connectivity index (χ0n) is 11.0. The number of rotatable bonds is 7. The highest BCUT2D eigenvalue weighted by molar-refractivity contribution is 5.14. The second-order valence-corrected chi connectivity index (χ2v) is 4.57. The van der Waals surface area contributed by atoms with Crippen molar-refractivity contribution in [3.05, 3.63) is 53.9 Å². The molecule has 2 aromatic rings. The fourth-order valence-electron chi connectivity index (χ4n) is 2.01. The molecule has 2 rings (SSSR count). The number of nitrogens with one attached hydrogen (secondary N) is 1. The Bertz CT molecular complexity index is 448. The summed E-state index contributed by atoms with van der Waals surface area (Å²) in [6.45, 7) is 1.97. The summed E-state index contributed by atoms with van der Waals surface area (Å²) in [5.41, 5.74) is 2.67. The predicted molar refractivity (Wildman–Crippen MR) is 74.3 cm³/mol. The Morgan fingerprint density at radius 1 is 1.11 bits per heavy atom. The van der Waals surface area contributed by atoms with Crippen molar-refractivity contribution in [2.45, 2.75) is 25.8 Å². The standard InChI is InChI=1S/C15H21N3/c1-18-15(10-12-17-18)13-16-11-6-5-9-14-7-3-2-4-8-14/h2-4,7-8,10,12,16H,5-6,9,11,13H2,1H3. The topological polar surface area (TPSA) is 29.9 Å². The molecule has 0 amide bonds. The first kappa shape index (κ1) is 12.8. The van der Waals surface area contributed by atoms with Crippen molar-refractivity contribution in [1.82, 2.24) is 15.1 Å². The largest absolute Gasteiger partial charge is 0.311 e. The summed E-state index contributed by atoms with van der Waals surface area (Å²) in [5, 5.41) is 7.60. The molecular weight excluding hydrogens is 222 g/mol. The van der Waals surface area contributed by atoms with E-state index in [2.05, 4.69) is 46.8 Å². The van der Waals surface area contributed by atoms with Gasteiger partial charge in [-0.2, -0.15) is 5.10 Å². The molecule has 0 bridgehead atoms. The molecule has 1 aromatic heterocycles. The number of aryl methyl sites for hydroxylation is 2. The van der Waals surface area contributed by atoms with Gasteiger partial charge in [0.2, 0.25) is 0 Å². The molecule has 0 radical (unpaired) electrons. The number of hydrogen-bond acceptors (Lipinski definition) is 2. The molecule has 0 aliphatic rings. The summed E-state index contributed by atoms with van der Waals surface area (Å²) in [6.07, 6.45) is 5.47. The number of nitrogens with zero attached hydrogens (tertiary/aromatic N) is 2. The van der Waals surface area contributed by atoms with Gasteiger partial charge in [0.25, 0.3) is 0 Å². The van der Waals surface area contributed by atoms with Crippen LogP contribution in [0.15, 0.2) is 42.6 Å². The lowest BCUT2D eigenvalue weighted by Crippen LogP contribution is -2.17. The van der Waals surface area contributed by atoms with Crippen LogP contribution in [0, 0.1) is 0 Å². The highest BCUT2D eigenvalue weighted by Crippen LogP contribution is 2.04. The lowest BCUT2D eigenvalue weighted by molar-refractivity contribution is 0.592. The Kier molecular flexibility index (Phi) is 4.97. The summed E-state index contributed by atoms with van der Waals surface area (Å²) in [7, 11) is 1.98. The van der Waals surface area contributed by atoms with Crippen molar-refractivity contribution in [3.8, 4) is 0 Å². The number of unbranched alkanes of at least 4 members (excludes halogenated alkanes) is 1. The van der Waals surface area contributed by atoms with E-state index in [9.17, 15) is 0 Å². The van der Waals surface area contributed by atoms with Crippen LogP contribution in [-0.2, 0) is 20.0 Å². The predicted octanol–water partition coefficient (Wildman–Crippen LogP) is 2.53. The van der Waals surface area contributed by atoms with E-state index in [1.165, 1.54) is 30.5 Å². The number of hydrogen-bond donors (Lipinski definition) is 1. The molecule has 3 heteroatoms. The van der Waals surface area contributed by atoms with Crippen LogP contribution in [0.5, 0.6) is 0 Å². The van der Waals surface area contributed by atoms with Crippen LogP contribution in [0.3, 0.4) is 0 Å². The lowest BCUT2D eigenvalue weighted by atomic mass is 10.1. The summed E-state index contributed by atoms with van der Waals surface area (Å²) >= 11 is 0. The van der Waals surface area contributed by atoms with E-state index in [4.69, 9.17) is 0 Å². The number of aromatic nitrogens is 2. The van der Waals surface area contributed by atoms with E-state index in [0.29, 0.717) is 0 Å². The molecule has 0 aliphatic heterocycles. The minimum Gasteiger partial charge on any atom is -0.311 e. The molecule has 0 spiro atoms. The maximum atomic E-state index is 4.15. The Balaban J connectivity index is 1.56. The molecule has 18 heavy (non-hydrogen) atoms. The van der Waals surface area contributed by atoms with Crippen LogP contribution < -0.4 is 5.32 Å².